The molecular weight excluding hydrogens is 454 g/mol. The Morgan fingerprint density at radius 2 is 1.51 bits per heavy atom. The highest BCUT2D eigenvalue weighted by Crippen LogP contribution is 2.19. The first-order valence-corrected chi connectivity index (χ1v) is 11.6. The highest BCUT2D eigenvalue weighted by molar-refractivity contribution is 7.80. The van der Waals surface area contributed by atoms with E-state index in [0.29, 0.717) is 11.3 Å². The Balaban J connectivity index is 1.30. The van der Waals surface area contributed by atoms with E-state index in [1.807, 2.05) is 79.7 Å². The van der Waals surface area contributed by atoms with Crippen molar-refractivity contribution in [2.75, 3.05) is 5.32 Å². The van der Waals surface area contributed by atoms with Crippen molar-refractivity contribution in [3.8, 4) is 0 Å². The monoisotopic (exact) mass is 479 g/mol. The molecule has 4 aromatic rings. The number of carbonyl (C=O) groups is 2. The molecule has 0 aliphatic carbocycles. The molecule has 0 bridgehead atoms. The molecule has 0 aromatic heterocycles. The van der Waals surface area contributed by atoms with Crippen molar-refractivity contribution in [3.63, 3.8) is 0 Å². The summed E-state index contributed by atoms with van der Waals surface area (Å²) in [5, 5.41) is 11.0. The van der Waals surface area contributed by atoms with Crippen LogP contribution >= 0.6 is 12.2 Å². The van der Waals surface area contributed by atoms with E-state index in [9.17, 15) is 9.59 Å². The van der Waals surface area contributed by atoms with Crippen molar-refractivity contribution in [1.82, 2.24) is 10.6 Å². The van der Waals surface area contributed by atoms with Gasteiger partial charge in [-0.25, -0.2) is 0 Å². The van der Waals surface area contributed by atoms with Gasteiger partial charge in [-0.1, -0.05) is 72.8 Å². The highest BCUT2D eigenvalue weighted by atomic mass is 32.1. The fraction of sp³-hybridized carbons (Fsp3) is 0.0690. The van der Waals surface area contributed by atoms with E-state index in [1.54, 1.807) is 30.3 Å². The van der Waals surface area contributed by atoms with Crippen LogP contribution in [0.4, 0.5) is 5.69 Å². The molecule has 0 radical (unpaired) electrons. The lowest BCUT2D eigenvalue weighted by atomic mass is 10.0. The van der Waals surface area contributed by atoms with Gasteiger partial charge in [0.15, 0.2) is 5.11 Å². The van der Waals surface area contributed by atoms with Crippen LogP contribution in [0.5, 0.6) is 0 Å². The van der Waals surface area contributed by atoms with Gasteiger partial charge in [-0.15, -0.1) is 0 Å². The van der Waals surface area contributed by atoms with E-state index in [-0.39, 0.29) is 23.0 Å². The minimum atomic E-state index is -0.332. The second kappa shape index (κ2) is 11.2. The zero-order valence-electron chi connectivity index (χ0n) is 19.2. The Hall–Kier alpha value is -4.29. The van der Waals surface area contributed by atoms with Gasteiger partial charge in [0.05, 0.1) is 6.04 Å². The Kier molecular flexibility index (Phi) is 7.65. The first-order valence-electron chi connectivity index (χ1n) is 11.2. The summed E-state index contributed by atoms with van der Waals surface area (Å²) in [6, 6.07) is 30.5. The third-order valence-corrected chi connectivity index (χ3v) is 5.73. The second-order valence-electron chi connectivity index (χ2n) is 8.03. The molecule has 3 N–H and O–H groups in total. The summed E-state index contributed by atoms with van der Waals surface area (Å²) in [6.07, 6.45) is 3.22. The number of anilines is 1. The van der Waals surface area contributed by atoms with Crippen molar-refractivity contribution in [1.29, 1.82) is 0 Å². The van der Waals surface area contributed by atoms with Crippen LogP contribution in [0, 0.1) is 0 Å². The molecular formula is C29H25N3O2S. The Morgan fingerprint density at radius 3 is 2.29 bits per heavy atom. The highest BCUT2D eigenvalue weighted by Gasteiger charge is 2.11. The number of rotatable bonds is 6. The normalized spacial score (nSPS) is 11.7. The molecule has 4 rings (SSSR count). The van der Waals surface area contributed by atoms with Gasteiger partial charge in [0.2, 0.25) is 5.91 Å². The van der Waals surface area contributed by atoms with E-state index >= 15 is 0 Å². The van der Waals surface area contributed by atoms with Crippen LogP contribution in [0.15, 0.2) is 103 Å². The van der Waals surface area contributed by atoms with Crippen molar-refractivity contribution in [2.45, 2.75) is 13.0 Å². The summed E-state index contributed by atoms with van der Waals surface area (Å²) < 4.78 is 0. The second-order valence-corrected chi connectivity index (χ2v) is 8.44. The smallest absolute Gasteiger partial charge is 0.251 e. The maximum Gasteiger partial charge on any atom is 0.251 e. The minimum absolute atomic E-state index is 0.105. The minimum Gasteiger partial charge on any atom is -0.346 e. The van der Waals surface area contributed by atoms with Gasteiger partial charge in [0.25, 0.3) is 5.91 Å². The maximum absolute atomic E-state index is 12.6. The van der Waals surface area contributed by atoms with Gasteiger partial charge in [-0.05, 0) is 71.4 Å². The predicted octanol–water partition coefficient (Wildman–Crippen LogP) is 5.86. The average molecular weight is 480 g/mol. The van der Waals surface area contributed by atoms with Crippen molar-refractivity contribution < 1.29 is 9.59 Å². The van der Waals surface area contributed by atoms with E-state index in [2.05, 4.69) is 16.0 Å². The lowest BCUT2D eigenvalue weighted by molar-refractivity contribution is -0.115. The molecule has 5 nitrogen and oxygen atoms in total. The standard InChI is InChI=1S/C29H25N3O2S/c1-20(21-8-3-2-4-9-21)30-28(34)24-14-17-25(18-15-24)31-29(35)32-27(33)19-16-23-12-7-11-22-10-5-6-13-26(22)23/h2-20H,1H3,(H,30,34)(H2,31,32,33,35)/b19-16+. The summed E-state index contributed by atoms with van der Waals surface area (Å²) in [5.74, 6) is -0.497. The van der Waals surface area contributed by atoms with Crippen molar-refractivity contribution >= 4 is 51.7 Å². The largest absolute Gasteiger partial charge is 0.346 e. The molecule has 0 saturated carbocycles. The number of nitrogens with one attached hydrogen (secondary N) is 3. The molecule has 6 heteroatoms. The van der Waals surface area contributed by atoms with E-state index < -0.39 is 0 Å². The van der Waals surface area contributed by atoms with Crippen LogP contribution in [0.2, 0.25) is 0 Å². The summed E-state index contributed by atoms with van der Waals surface area (Å²) in [4.78, 5) is 24.9. The third-order valence-electron chi connectivity index (χ3n) is 5.53. The molecule has 0 aliphatic heterocycles. The zero-order valence-corrected chi connectivity index (χ0v) is 20.0. The van der Waals surface area contributed by atoms with Crippen LogP contribution < -0.4 is 16.0 Å². The van der Waals surface area contributed by atoms with Gasteiger partial charge >= 0.3 is 0 Å². The molecule has 0 heterocycles. The number of hydrogen-bond acceptors (Lipinski definition) is 3. The van der Waals surface area contributed by atoms with E-state index in [4.69, 9.17) is 12.2 Å². The fourth-order valence-corrected chi connectivity index (χ4v) is 3.91. The SMILES string of the molecule is CC(NC(=O)c1ccc(NC(=S)NC(=O)/C=C/c2cccc3ccccc23)cc1)c1ccccc1. The molecule has 1 atom stereocenters. The summed E-state index contributed by atoms with van der Waals surface area (Å²) in [6.45, 7) is 1.94. The number of thiocarbonyl (C=S) groups is 1. The van der Waals surface area contributed by atoms with E-state index in [0.717, 1.165) is 21.9 Å². The molecule has 0 aliphatic rings. The molecule has 0 saturated heterocycles. The van der Waals surface area contributed by atoms with Crippen LogP contribution in [0.25, 0.3) is 16.8 Å². The molecule has 4 aromatic carbocycles. The zero-order chi connectivity index (χ0) is 24.6. The number of hydrogen-bond donors (Lipinski definition) is 3. The first-order chi connectivity index (χ1) is 17.0. The summed E-state index contributed by atoms with van der Waals surface area (Å²) in [7, 11) is 0. The number of amides is 2. The van der Waals surface area contributed by atoms with Crippen molar-refractivity contribution in [2.24, 2.45) is 0 Å². The third kappa shape index (κ3) is 6.40. The van der Waals surface area contributed by atoms with Gasteiger partial charge in [-0.3, -0.25) is 14.9 Å². The topological polar surface area (TPSA) is 70.2 Å². The first kappa shape index (κ1) is 23.9. The molecule has 1 unspecified atom stereocenters. The maximum atomic E-state index is 12.6. The Morgan fingerprint density at radius 1 is 0.829 bits per heavy atom. The average Bonchev–Trinajstić information content (AvgIpc) is 2.88. The van der Waals surface area contributed by atoms with Crippen LogP contribution in [-0.4, -0.2) is 16.9 Å². The molecule has 35 heavy (non-hydrogen) atoms. The molecule has 2 amide bonds. The summed E-state index contributed by atoms with van der Waals surface area (Å²) in [5.41, 5.74) is 3.19. The van der Waals surface area contributed by atoms with Gasteiger partial charge in [0.1, 0.15) is 0 Å². The van der Waals surface area contributed by atoms with E-state index in [1.165, 1.54) is 6.08 Å². The number of fused-ring (bicyclic) bond motifs is 1. The lowest BCUT2D eigenvalue weighted by Gasteiger charge is -2.14. The fourth-order valence-electron chi connectivity index (χ4n) is 3.69. The molecule has 0 fully saturated rings. The van der Waals surface area contributed by atoms with Gasteiger partial charge in [-0.2, -0.15) is 0 Å². The number of carbonyl (C=O) groups excluding carboxylic acids is 2. The van der Waals surface area contributed by atoms with Crippen LogP contribution in [0.1, 0.15) is 34.5 Å². The Bertz CT molecular complexity index is 1380. The summed E-state index contributed by atoms with van der Waals surface area (Å²) >= 11 is 5.26. The van der Waals surface area contributed by atoms with Gasteiger partial charge < -0.3 is 10.6 Å². The number of benzene rings is 4. The quantitative estimate of drug-likeness (QED) is 0.239. The lowest BCUT2D eigenvalue weighted by Crippen LogP contribution is -2.32. The van der Waals surface area contributed by atoms with Crippen LogP contribution in [0.3, 0.4) is 0 Å². The predicted molar refractivity (Wildman–Crippen MR) is 146 cm³/mol. The van der Waals surface area contributed by atoms with Crippen LogP contribution in [-0.2, 0) is 4.79 Å². The van der Waals surface area contributed by atoms with Gasteiger partial charge in [0, 0.05) is 17.3 Å². The molecule has 0 spiro atoms. The van der Waals surface area contributed by atoms with Crippen molar-refractivity contribution in [3.05, 3.63) is 120 Å². The Labute approximate surface area is 209 Å². The molecule has 174 valence electrons.